The smallest absolute Gasteiger partial charge is 0.00209 e. The summed E-state index contributed by atoms with van der Waals surface area (Å²) in [4.78, 5) is 0. The fourth-order valence-electron chi connectivity index (χ4n) is 2.20. The predicted molar refractivity (Wildman–Crippen MR) is 49.6 cm³/mol. The number of hydrogen-bond donors (Lipinski definition) is 1. The van der Waals surface area contributed by atoms with E-state index in [1.54, 1.807) is 0 Å². The third-order valence-electron chi connectivity index (χ3n) is 3.09. The average Bonchev–Trinajstić information content (AvgIpc) is 1.98. The van der Waals surface area contributed by atoms with Crippen LogP contribution < -0.4 is 5.32 Å². The van der Waals surface area contributed by atoms with E-state index in [9.17, 15) is 0 Å². The van der Waals surface area contributed by atoms with Crippen LogP contribution in [0.3, 0.4) is 0 Å². The molecule has 1 aliphatic carbocycles. The summed E-state index contributed by atoms with van der Waals surface area (Å²) in [5.74, 6) is 2.84. The molecule has 11 heavy (non-hydrogen) atoms. The molecular formula is C10H21N. The monoisotopic (exact) mass is 155 g/mol. The van der Waals surface area contributed by atoms with E-state index >= 15 is 0 Å². The largest absolute Gasteiger partial charge is 0.319 e. The molecule has 0 bridgehead atoms. The molecule has 0 aliphatic heterocycles. The maximum Gasteiger partial charge on any atom is -0.00209 e. The van der Waals surface area contributed by atoms with Gasteiger partial charge in [0.2, 0.25) is 0 Å². The molecule has 1 aliphatic rings. The van der Waals surface area contributed by atoms with E-state index in [0.29, 0.717) is 0 Å². The molecule has 0 saturated heterocycles. The Labute approximate surface area is 70.6 Å². The van der Waals surface area contributed by atoms with E-state index in [2.05, 4.69) is 26.2 Å². The summed E-state index contributed by atoms with van der Waals surface area (Å²) in [5.41, 5.74) is 0. The molecule has 3 atom stereocenters. The highest BCUT2D eigenvalue weighted by molar-refractivity contribution is 4.76. The van der Waals surface area contributed by atoms with Gasteiger partial charge in [-0.15, -0.1) is 0 Å². The van der Waals surface area contributed by atoms with Crippen molar-refractivity contribution in [1.82, 2.24) is 5.32 Å². The normalized spacial score (nSPS) is 39.0. The van der Waals surface area contributed by atoms with Gasteiger partial charge in [-0.25, -0.2) is 0 Å². The van der Waals surface area contributed by atoms with Crippen molar-refractivity contribution >= 4 is 0 Å². The van der Waals surface area contributed by atoms with Gasteiger partial charge in [-0.1, -0.05) is 26.7 Å². The van der Waals surface area contributed by atoms with Crippen LogP contribution in [-0.2, 0) is 0 Å². The average molecular weight is 155 g/mol. The van der Waals surface area contributed by atoms with Crippen LogP contribution in [0.15, 0.2) is 0 Å². The van der Waals surface area contributed by atoms with Gasteiger partial charge in [0.25, 0.3) is 0 Å². The summed E-state index contributed by atoms with van der Waals surface area (Å²) in [6.45, 7) is 5.99. The van der Waals surface area contributed by atoms with Crippen LogP contribution in [-0.4, -0.2) is 13.6 Å². The van der Waals surface area contributed by atoms with Crippen molar-refractivity contribution in [1.29, 1.82) is 0 Å². The standard InChI is InChI=1S/C10H21N/c1-8-4-5-9(2)10(6-8)7-11-3/h8-11H,4-7H2,1-3H3. The van der Waals surface area contributed by atoms with Crippen LogP contribution in [0.2, 0.25) is 0 Å². The molecule has 1 saturated carbocycles. The first-order valence-electron chi connectivity index (χ1n) is 4.88. The van der Waals surface area contributed by atoms with Crippen LogP contribution in [0.5, 0.6) is 0 Å². The van der Waals surface area contributed by atoms with E-state index in [-0.39, 0.29) is 0 Å². The van der Waals surface area contributed by atoms with Crippen molar-refractivity contribution in [2.75, 3.05) is 13.6 Å². The molecule has 0 radical (unpaired) electrons. The Kier molecular flexibility index (Phi) is 3.38. The molecule has 1 rings (SSSR count). The highest BCUT2D eigenvalue weighted by atomic mass is 14.8. The second kappa shape index (κ2) is 4.10. The molecular weight excluding hydrogens is 134 g/mol. The zero-order valence-corrected chi connectivity index (χ0v) is 8.06. The minimum absolute atomic E-state index is 0.934. The first kappa shape index (κ1) is 9.05. The Morgan fingerprint density at radius 2 is 2.00 bits per heavy atom. The zero-order chi connectivity index (χ0) is 8.27. The van der Waals surface area contributed by atoms with Crippen LogP contribution in [0.25, 0.3) is 0 Å². The fraction of sp³-hybridized carbons (Fsp3) is 1.00. The van der Waals surface area contributed by atoms with Crippen LogP contribution in [0, 0.1) is 17.8 Å². The van der Waals surface area contributed by atoms with Gasteiger partial charge in [-0.05, 0) is 37.8 Å². The van der Waals surface area contributed by atoms with Crippen molar-refractivity contribution in [3.63, 3.8) is 0 Å². The lowest BCUT2D eigenvalue weighted by molar-refractivity contribution is 0.202. The van der Waals surface area contributed by atoms with Gasteiger partial charge in [-0.3, -0.25) is 0 Å². The van der Waals surface area contributed by atoms with Gasteiger partial charge in [0, 0.05) is 0 Å². The van der Waals surface area contributed by atoms with Gasteiger partial charge < -0.3 is 5.32 Å². The van der Waals surface area contributed by atoms with Crippen molar-refractivity contribution in [3.05, 3.63) is 0 Å². The van der Waals surface area contributed by atoms with Gasteiger partial charge in [-0.2, -0.15) is 0 Å². The van der Waals surface area contributed by atoms with Crippen molar-refractivity contribution in [3.8, 4) is 0 Å². The summed E-state index contributed by atoms with van der Waals surface area (Å²) in [6.07, 6.45) is 4.32. The Morgan fingerprint density at radius 1 is 1.27 bits per heavy atom. The van der Waals surface area contributed by atoms with E-state index in [1.165, 1.54) is 25.8 Å². The molecule has 1 N–H and O–H groups in total. The van der Waals surface area contributed by atoms with Gasteiger partial charge in [0.1, 0.15) is 0 Å². The summed E-state index contributed by atoms with van der Waals surface area (Å²) < 4.78 is 0. The minimum Gasteiger partial charge on any atom is -0.319 e. The Balaban J connectivity index is 2.34. The van der Waals surface area contributed by atoms with E-state index in [1.807, 2.05) is 0 Å². The number of nitrogens with one attached hydrogen (secondary N) is 1. The SMILES string of the molecule is CNCC1CC(C)CCC1C. The predicted octanol–water partition coefficient (Wildman–Crippen LogP) is 2.28. The van der Waals surface area contributed by atoms with Gasteiger partial charge in [0.15, 0.2) is 0 Å². The molecule has 1 heteroatoms. The summed E-state index contributed by atoms with van der Waals surface area (Å²) >= 11 is 0. The second-order valence-electron chi connectivity index (χ2n) is 4.21. The van der Waals surface area contributed by atoms with E-state index < -0.39 is 0 Å². The topological polar surface area (TPSA) is 12.0 Å². The maximum atomic E-state index is 3.29. The molecule has 66 valence electrons. The second-order valence-corrected chi connectivity index (χ2v) is 4.21. The highest BCUT2D eigenvalue weighted by Gasteiger charge is 2.24. The Bertz CT molecular complexity index is 111. The minimum atomic E-state index is 0.934. The Morgan fingerprint density at radius 3 is 2.64 bits per heavy atom. The van der Waals surface area contributed by atoms with E-state index in [4.69, 9.17) is 0 Å². The van der Waals surface area contributed by atoms with Gasteiger partial charge in [0.05, 0.1) is 0 Å². The fourth-order valence-corrected chi connectivity index (χ4v) is 2.20. The molecule has 0 amide bonds. The number of rotatable bonds is 2. The summed E-state index contributed by atoms with van der Waals surface area (Å²) in [5, 5.41) is 3.29. The van der Waals surface area contributed by atoms with Crippen molar-refractivity contribution in [2.45, 2.75) is 33.1 Å². The first-order chi connectivity index (χ1) is 5.24. The third-order valence-corrected chi connectivity index (χ3v) is 3.09. The summed E-state index contributed by atoms with van der Waals surface area (Å²) in [6, 6.07) is 0. The lowest BCUT2D eigenvalue weighted by Gasteiger charge is -2.32. The lowest BCUT2D eigenvalue weighted by Crippen LogP contribution is -2.29. The molecule has 0 heterocycles. The first-order valence-corrected chi connectivity index (χ1v) is 4.88. The number of hydrogen-bond acceptors (Lipinski definition) is 1. The van der Waals surface area contributed by atoms with Crippen molar-refractivity contribution in [2.24, 2.45) is 17.8 Å². The van der Waals surface area contributed by atoms with Crippen LogP contribution in [0.4, 0.5) is 0 Å². The zero-order valence-electron chi connectivity index (χ0n) is 8.06. The molecule has 0 aromatic carbocycles. The quantitative estimate of drug-likeness (QED) is 0.645. The van der Waals surface area contributed by atoms with E-state index in [0.717, 1.165) is 17.8 Å². The van der Waals surface area contributed by atoms with Gasteiger partial charge >= 0.3 is 0 Å². The van der Waals surface area contributed by atoms with Crippen LogP contribution in [0.1, 0.15) is 33.1 Å². The molecule has 1 nitrogen and oxygen atoms in total. The molecule has 0 aromatic rings. The maximum absolute atomic E-state index is 3.29. The molecule has 0 aromatic heterocycles. The molecule has 1 fully saturated rings. The molecule has 0 spiro atoms. The molecule has 3 unspecified atom stereocenters. The Hall–Kier alpha value is -0.0400. The van der Waals surface area contributed by atoms with Crippen LogP contribution >= 0.6 is 0 Å². The van der Waals surface area contributed by atoms with Crippen molar-refractivity contribution < 1.29 is 0 Å². The highest BCUT2D eigenvalue weighted by Crippen LogP contribution is 2.32. The lowest BCUT2D eigenvalue weighted by atomic mass is 9.75. The third kappa shape index (κ3) is 2.48. The summed E-state index contributed by atoms with van der Waals surface area (Å²) in [7, 11) is 2.06.